The molecule has 0 aliphatic heterocycles. The molecular formula is C17H27N3O4. The number of rotatable bonds is 6. The number of methoxy groups -OCH3 is 2. The molecule has 0 saturated heterocycles. The average molecular weight is 337 g/mol. The first-order chi connectivity index (χ1) is 11.3. The van der Waals surface area contributed by atoms with Crippen LogP contribution in [-0.2, 0) is 16.1 Å². The molecule has 0 aromatic heterocycles. The zero-order valence-corrected chi connectivity index (χ0v) is 15.2. The van der Waals surface area contributed by atoms with Crippen LogP contribution in [0.25, 0.3) is 0 Å². The smallest absolute Gasteiger partial charge is 0.325 e. The summed E-state index contributed by atoms with van der Waals surface area (Å²) in [6.07, 6.45) is 0. The van der Waals surface area contributed by atoms with Gasteiger partial charge in [0, 0.05) is 25.2 Å². The molecule has 0 saturated carbocycles. The molecule has 0 heterocycles. The number of carbonyl (C=O) groups excluding carboxylic acids is 1. The number of nitrogens with zero attached hydrogens (tertiary/aromatic N) is 1. The topological polar surface area (TPSA) is 81.2 Å². The lowest BCUT2D eigenvalue weighted by molar-refractivity contribution is -0.153. The van der Waals surface area contributed by atoms with Crippen molar-refractivity contribution in [1.29, 1.82) is 0 Å². The highest BCUT2D eigenvalue weighted by molar-refractivity contribution is 5.84. The zero-order valence-electron chi connectivity index (χ0n) is 15.2. The predicted octanol–water partition coefficient (Wildman–Crippen LogP) is 1.71. The van der Waals surface area contributed by atoms with Crippen molar-refractivity contribution in [2.45, 2.75) is 32.9 Å². The van der Waals surface area contributed by atoms with Crippen molar-refractivity contribution in [2.24, 2.45) is 4.99 Å². The van der Waals surface area contributed by atoms with Crippen molar-refractivity contribution in [2.75, 3.05) is 27.8 Å². The van der Waals surface area contributed by atoms with E-state index in [2.05, 4.69) is 15.6 Å². The molecule has 0 bridgehead atoms. The summed E-state index contributed by atoms with van der Waals surface area (Å²) < 4.78 is 15.8. The minimum atomic E-state index is -0.508. The van der Waals surface area contributed by atoms with Crippen LogP contribution in [0.2, 0.25) is 0 Å². The number of nitrogens with one attached hydrogen (secondary N) is 2. The van der Waals surface area contributed by atoms with Gasteiger partial charge in [0.2, 0.25) is 0 Å². The van der Waals surface area contributed by atoms with Crippen LogP contribution in [0.5, 0.6) is 11.5 Å². The van der Waals surface area contributed by atoms with Crippen LogP contribution in [-0.4, -0.2) is 45.3 Å². The van der Waals surface area contributed by atoms with Crippen LogP contribution < -0.4 is 20.1 Å². The number of esters is 1. The third-order valence-electron chi connectivity index (χ3n) is 2.98. The number of carbonyl (C=O) groups is 1. The quantitative estimate of drug-likeness (QED) is 0.467. The minimum absolute atomic E-state index is 0.0384. The molecule has 0 radical (unpaired) electrons. The first-order valence-corrected chi connectivity index (χ1v) is 7.66. The molecule has 7 nitrogen and oxygen atoms in total. The number of hydrogen-bond donors (Lipinski definition) is 2. The highest BCUT2D eigenvalue weighted by Gasteiger charge is 2.16. The van der Waals surface area contributed by atoms with E-state index in [0.29, 0.717) is 18.3 Å². The van der Waals surface area contributed by atoms with E-state index in [4.69, 9.17) is 14.2 Å². The van der Waals surface area contributed by atoms with E-state index in [0.717, 1.165) is 11.3 Å². The summed E-state index contributed by atoms with van der Waals surface area (Å²) in [6, 6.07) is 5.58. The largest absolute Gasteiger partial charge is 0.497 e. The Bertz CT molecular complexity index is 580. The van der Waals surface area contributed by atoms with Gasteiger partial charge in [0.25, 0.3) is 0 Å². The number of ether oxygens (including phenoxy) is 3. The van der Waals surface area contributed by atoms with Crippen LogP contribution in [0.4, 0.5) is 0 Å². The standard InChI is InChI=1S/C17H27N3O4/c1-17(2,3)24-15(21)11-20-16(18-4)19-10-12-7-8-13(22-5)9-14(12)23-6/h7-9H,10-11H2,1-6H3,(H2,18,19,20). The van der Waals surface area contributed by atoms with E-state index in [1.54, 1.807) is 21.3 Å². The van der Waals surface area contributed by atoms with E-state index in [-0.39, 0.29) is 12.5 Å². The van der Waals surface area contributed by atoms with E-state index in [1.165, 1.54) is 0 Å². The first-order valence-electron chi connectivity index (χ1n) is 7.66. The molecule has 134 valence electrons. The number of guanidine groups is 1. The van der Waals surface area contributed by atoms with Crippen LogP contribution in [0, 0.1) is 0 Å². The Hall–Kier alpha value is -2.44. The van der Waals surface area contributed by atoms with Crippen molar-refractivity contribution in [3.8, 4) is 11.5 Å². The molecular weight excluding hydrogens is 310 g/mol. The van der Waals surface area contributed by atoms with Crippen LogP contribution in [0.15, 0.2) is 23.2 Å². The predicted molar refractivity (Wildman–Crippen MR) is 93.6 cm³/mol. The Morgan fingerprint density at radius 3 is 2.42 bits per heavy atom. The molecule has 24 heavy (non-hydrogen) atoms. The molecule has 0 spiro atoms. The van der Waals surface area contributed by atoms with Gasteiger partial charge in [0.1, 0.15) is 23.6 Å². The van der Waals surface area contributed by atoms with Gasteiger partial charge in [-0.1, -0.05) is 0 Å². The van der Waals surface area contributed by atoms with Gasteiger partial charge in [0.05, 0.1) is 14.2 Å². The molecule has 0 fully saturated rings. The Kier molecular flexibility index (Phi) is 7.35. The summed E-state index contributed by atoms with van der Waals surface area (Å²) in [7, 11) is 4.85. The number of benzene rings is 1. The lowest BCUT2D eigenvalue weighted by Crippen LogP contribution is -2.41. The zero-order chi connectivity index (χ0) is 18.2. The Balaban J connectivity index is 2.57. The minimum Gasteiger partial charge on any atom is -0.497 e. The third-order valence-corrected chi connectivity index (χ3v) is 2.98. The van der Waals surface area contributed by atoms with Gasteiger partial charge in [-0.25, -0.2) is 0 Å². The Morgan fingerprint density at radius 1 is 1.17 bits per heavy atom. The highest BCUT2D eigenvalue weighted by Crippen LogP contribution is 2.24. The van der Waals surface area contributed by atoms with Crippen molar-refractivity contribution in [3.63, 3.8) is 0 Å². The van der Waals surface area contributed by atoms with Gasteiger partial charge in [-0.3, -0.25) is 9.79 Å². The summed E-state index contributed by atoms with van der Waals surface area (Å²) in [6.45, 7) is 6.01. The van der Waals surface area contributed by atoms with Gasteiger partial charge >= 0.3 is 5.97 Å². The maximum atomic E-state index is 11.7. The number of aliphatic imine (C=N–C) groups is 1. The second-order valence-electron chi connectivity index (χ2n) is 6.04. The highest BCUT2D eigenvalue weighted by atomic mass is 16.6. The Labute approximate surface area is 143 Å². The van der Waals surface area contributed by atoms with Crippen molar-refractivity contribution in [3.05, 3.63) is 23.8 Å². The molecule has 1 aromatic carbocycles. The molecule has 7 heteroatoms. The fraction of sp³-hybridized carbons (Fsp3) is 0.529. The molecule has 1 aromatic rings. The number of hydrogen-bond acceptors (Lipinski definition) is 5. The van der Waals surface area contributed by atoms with E-state index in [1.807, 2.05) is 39.0 Å². The van der Waals surface area contributed by atoms with Crippen molar-refractivity contribution < 1.29 is 19.0 Å². The van der Waals surface area contributed by atoms with Crippen LogP contribution >= 0.6 is 0 Å². The molecule has 2 N–H and O–H groups in total. The second-order valence-corrected chi connectivity index (χ2v) is 6.04. The monoisotopic (exact) mass is 337 g/mol. The van der Waals surface area contributed by atoms with E-state index >= 15 is 0 Å². The van der Waals surface area contributed by atoms with Crippen molar-refractivity contribution in [1.82, 2.24) is 10.6 Å². The van der Waals surface area contributed by atoms with Crippen LogP contribution in [0.1, 0.15) is 26.3 Å². The summed E-state index contributed by atoms with van der Waals surface area (Å²) in [5.41, 5.74) is 0.435. The average Bonchev–Trinajstić information content (AvgIpc) is 2.53. The lowest BCUT2D eigenvalue weighted by Gasteiger charge is -2.20. The summed E-state index contributed by atoms with van der Waals surface area (Å²) in [5, 5.41) is 6.05. The van der Waals surface area contributed by atoms with Gasteiger partial charge in [-0.05, 0) is 32.9 Å². The maximum Gasteiger partial charge on any atom is 0.325 e. The fourth-order valence-electron chi connectivity index (χ4n) is 1.93. The van der Waals surface area contributed by atoms with Crippen LogP contribution in [0.3, 0.4) is 0 Å². The normalized spacial score (nSPS) is 11.7. The second kappa shape index (κ2) is 9.00. The molecule has 0 aliphatic carbocycles. The maximum absolute atomic E-state index is 11.7. The van der Waals surface area contributed by atoms with Gasteiger partial charge in [0.15, 0.2) is 5.96 Å². The van der Waals surface area contributed by atoms with Gasteiger partial charge in [-0.2, -0.15) is 0 Å². The molecule has 0 unspecified atom stereocenters. The summed E-state index contributed by atoms with van der Waals surface area (Å²) >= 11 is 0. The summed E-state index contributed by atoms with van der Waals surface area (Å²) in [4.78, 5) is 15.8. The van der Waals surface area contributed by atoms with Gasteiger partial charge < -0.3 is 24.8 Å². The molecule has 1 rings (SSSR count). The summed E-state index contributed by atoms with van der Waals surface area (Å²) in [5.74, 6) is 1.60. The fourth-order valence-corrected chi connectivity index (χ4v) is 1.93. The van der Waals surface area contributed by atoms with Crippen molar-refractivity contribution >= 4 is 11.9 Å². The Morgan fingerprint density at radius 2 is 1.88 bits per heavy atom. The SMILES string of the molecule is CN=C(NCC(=O)OC(C)(C)C)NCc1ccc(OC)cc1OC. The molecule has 0 amide bonds. The third kappa shape index (κ3) is 6.76. The van der Waals surface area contributed by atoms with Gasteiger partial charge in [-0.15, -0.1) is 0 Å². The first kappa shape index (κ1) is 19.6. The van der Waals surface area contributed by atoms with E-state index < -0.39 is 5.60 Å². The molecule has 0 aliphatic rings. The lowest BCUT2D eigenvalue weighted by atomic mass is 10.2. The van der Waals surface area contributed by atoms with E-state index in [9.17, 15) is 4.79 Å². The molecule has 0 atom stereocenters.